The van der Waals surface area contributed by atoms with E-state index in [0.717, 1.165) is 16.7 Å². The zero-order chi connectivity index (χ0) is 24.9. The topological polar surface area (TPSA) is 84.5 Å². The predicted octanol–water partition coefficient (Wildman–Crippen LogP) is 5.31. The molecule has 3 rings (SSSR count). The SMILES string of the molecule is COc1ccc(S(=O)(=O)NC(Cc2ccccc2)C(=O)Nc2c(C)cccc2C(C)C)cc1Cl. The standard InChI is InChI=1S/C26H29ClN2O4S/c1-17(2)21-12-8-9-18(3)25(21)28-26(30)23(15-19-10-6-5-7-11-19)29-34(31,32)20-13-14-24(33-4)22(27)16-20/h5-14,16-17,23,29H,15H2,1-4H3,(H,28,30). The first-order valence-corrected chi connectivity index (χ1v) is 12.8. The van der Waals surface area contributed by atoms with Crippen molar-refractivity contribution in [2.75, 3.05) is 12.4 Å². The first-order valence-electron chi connectivity index (χ1n) is 10.9. The van der Waals surface area contributed by atoms with Gasteiger partial charge in [-0.3, -0.25) is 4.79 Å². The van der Waals surface area contributed by atoms with Crippen LogP contribution in [0.1, 0.15) is 36.5 Å². The molecule has 0 aliphatic rings. The van der Waals surface area contributed by atoms with Crippen LogP contribution < -0.4 is 14.8 Å². The summed E-state index contributed by atoms with van der Waals surface area (Å²) in [5.41, 5.74) is 3.42. The number of carbonyl (C=O) groups is 1. The van der Waals surface area contributed by atoms with Gasteiger partial charge in [-0.05, 0) is 54.2 Å². The van der Waals surface area contributed by atoms with E-state index in [0.29, 0.717) is 11.4 Å². The molecule has 2 N–H and O–H groups in total. The molecule has 0 aromatic heterocycles. The van der Waals surface area contributed by atoms with Crippen LogP contribution in [0.2, 0.25) is 5.02 Å². The van der Waals surface area contributed by atoms with Crippen LogP contribution in [0.15, 0.2) is 71.6 Å². The lowest BCUT2D eigenvalue weighted by Crippen LogP contribution is -2.45. The van der Waals surface area contributed by atoms with Crippen LogP contribution >= 0.6 is 11.6 Å². The normalized spacial score (nSPS) is 12.4. The van der Waals surface area contributed by atoms with E-state index in [1.807, 2.05) is 69.3 Å². The molecule has 0 heterocycles. The summed E-state index contributed by atoms with van der Waals surface area (Å²) in [5, 5.41) is 3.14. The molecule has 0 aliphatic carbocycles. The Balaban J connectivity index is 1.94. The van der Waals surface area contributed by atoms with Gasteiger partial charge in [-0.15, -0.1) is 0 Å². The summed E-state index contributed by atoms with van der Waals surface area (Å²) in [4.78, 5) is 13.4. The minimum absolute atomic E-state index is 0.0528. The smallest absolute Gasteiger partial charge is 0.242 e. The third kappa shape index (κ3) is 6.17. The van der Waals surface area contributed by atoms with Crippen molar-refractivity contribution in [3.63, 3.8) is 0 Å². The van der Waals surface area contributed by atoms with Crippen LogP contribution in [0.5, 0.6) is 5.75 Å². The van der Waals surface area contributed by atoms with E-state index >= 15 is 0 Å². The summed E-state index contributed by atoms with van der Waals surface area (Å²) in [6.45, 7) is 6.00. The Morgan fingerprint density at radius 3 is 2.35 bits per heavy atom. The highest BCUT2D eigenvalue weighted by molar-refractivity contribution is 7.89. The van der Waals surface area contributed by atoms with E-state index in [1.165, 1.54) is 25.3 Å². The summed E-state index contributed by atoms with van der Waals surface area (Å²) in [6, 6.07) is 18.2. The lowest BCUT2D eigenvalue weighted by molar-refractivity contribution is -0.117. The Kier molecular flexibility index (Phi) is 8.36. The summed E-state index contributed by atoms with van der Waals surface area (Å²) < 4.78 is 34.1. The van der Waals surface area contributed by atoms with E-state index in [1.54, 1.807) is 0 Å². The number of hydrogen-bond donors (Lipinski definition) is 2. The number of aryl methyl sites for hydroxylation is 1. The number of methoxy groups -OCH3 is 1. The molecule has 34 heavy (non-hydrogen) atoms. The maximum Gasteiger partial charge on any atom is 0.242 e. The number of para-hydroxylation sites is 1. The zero-order valence-corrected chi connectivity index (χ0v) is 21.2. The van der Waals surface area contributed by atoms with Crippen LogP contribution in [0, 0.1) is 6.92 Å². The van der Waals surface area contributed by atoms with E-state index in [2.05, 4.69) is 10.0 Å². The highest BCUT2D eigenvalue weighted by Crippen LogP contribution is 2.29. The van der Waals surface area contributed by atoms with Gasteiger partial charge >= 0.3 is 0 Å². The van der Waals surface area contributed by atoms with Crippen LogP contribution in [0.25, 0.3) is 0 Å². The number of amides is 1. The first kappa shape index (κ1) is 25.7. The van der Waals surface area contributed by atoms with Crippen molar-refractivity contribution in [2.45, 2.75) is 44.0 Å². The Bertz CT molecular complexity index is 1260. The van der Waals surface area contributed by atoms with Crippen LogP contribution in [-0.4, -0.2) is 27.5 Å². The maximum atomic E-state index is 13.4. The monoisotopic (exact) mass is 500 g/mol. The van der Waals surface area contributed by atoms with Crippen molar-refractivity contribution in [2.24, 2.45) is 0 Å². The molecule has 0 bridgehead atoms. The van der Waals surface area contributed by atoms with E-state index in [4.69, 9.17) is 16.3 Å². The molecule has 1 amide bonds. The molecule has 0 fully saturated rings. The molecule has 0 saturated heterocycles. The number of hydrogen-bond acceptors (Lipinski definition) is 4. The average molecular weight is 501 g/mol. The summed E-state index contributed by atoms with van der Waals surface area (Å²) in [7, 11) is -2.60. The number of sulfonamides is 1. The minimum atomic E-state index is -4.05. The number of anilines is 1. The second-order valence-electron chi connectivity index (χ2n) is 8.34. The van der Waals surface area contributed by atoms with Gasteiger partial charge in [-0.25, -0.2) is 8.42 Å². The third-order valence-corrected chi connectivity index (χ3v) is 7.27. The van der Waals surface area contributed by atoms with Gasteiger partial charge in [-0.2, -0.15) is 4.72 Å². The number of nitrogens with one attached hydrogen (secondary N) is 2. The molecule has 3 aromatic carbocycles. The van der Waals surface area contributed by atoms with Crippen molar-refractivity contribution >= 4 is 33.2 Å². The molecule has 0 spiro atoms. The Labute approximate surface area is 206 Å². The number of ether oxygens (including phenoxy) is 1. The summed E-state index contributed by atoms with van der Waals surface area (Å²) in [6.07, 6.45) is 0.179. The highest BCUT2D eigenvalue weighted by atomic mass is 35.5. The van der Waals surface area contributed by atoms with Crippen molar-refractivity contribution < 1.29 is 17.9 Å². The molecule has 1 unspecified atom stereocenters. The average Bonchev–Trinajstić information content (AvgIpc) is 2.80. The van der Waals surface area contributed by atoms with Gasteiger partial charge in [0.15, 0.2) is 0 Å². The van der Waals surface area contributed by atoms with Crippen molar-refractivity contribution in [3.8, 4) is 5.75 Å². The largest absolute Gasteiger partial charge is 0.495 e. The highest BCUT2D eigenvalue weighted by Gasteiger charge is 2.28. The molecule has 6 nitrogen and oxygen atoms in total. The molecule has 0 aliphatic heterocycles. The van der Waals surface area contributed by atoms with Crippen molar-refractivity contribution in [1.82, 2.24) is 4.72 Å². The zero-order valence-electron chi connectivity index (χ0n) is 19.6. The molecule has 0 saturated carbocycles. The van der Waals surface area contributed by atoms with Gasteiger partial charge in [0, 0.05) is 5.69 Å². The summed E-state index contributed by atoms with van der Waals surface area (Å²) in [5.74, 6) is 0.101. The fraction of sp³-hybridized carbons (Fsp3) is 0.269. The second-order valence-corrected chi connectivity index (χ2v) is 10.5. The Morgan fingerprint density at radius 2 is 1.74 bits per heavy atom. The third-order valence-electron chi connectivity index (χ3n) is 5.51. The molecule has 8 heteroatoms. The number of rotatable bonds is 9. The lowest BCUT2D eigenvalue weighted by atomic mass is 9.97. The number of benzene rings is 3. The lowest BCUT2D eigenvalue weighted by Gasteiger charge is -2.22. The number of halogens is 1. The van der Waals surface area contributed by atoms with Crippen molar-refractivity contribution in [1.29, 1.82) is 0 Å². The van der Waals surface area contributed by atoms with Gasteiger partial charge in [0.25, 0.3) is 0 Å². The predicted molar refractivity (Wildman–Crippen MR) is 136 cm³/mol. The minimum Gasteiger partial charge on any atom is -0.495 e. The van der Waals surface area contributed by atoms with E-state index in [9.17, 15) is 13.2 Å². The van der Waals surface area contributed by atoms with Crippen LogP contribution in [0.4, 0.5) is 5.69 Å². The van der Waals surface area contributed by atoms with E-state index in [-0.39, 0.29) is 22.3 Å². The van der Waals surface area contributed by atoms with Crippen LogP contribution in [-0.2, 0) is 21.2 Å². The van der Waals surface area contributed by atoms with Gasteiger partial charge in [0.1, 0.15) is 11.8 Å². The molecule has 0 radical (unpaired) electrons. The second kappa shape index (κ2) is 11.0. The molecule has 1 atom stereocenters. The molecule has 180 valence electrons. The van der Waals surface area contributed by atoms with Crippen molar-refractivity contribution in [3.05, 3.63) is 88.4 Å². The number of carbonyl (C=O) groups excluding carboxylic acids is 1. The van der Waals surface area contributed by atoms with E-state index < -0.39 is 22.0 Å². The molecular weight excluding hydrogens is 472 g/mol. The Hall–Kier alpha value is -2.87. The quantitative estimate of drug-likeness (QED) is 0.417. The Morgan fingerprint density at radius 1 is 1.03 bits per heavy atom. The van der Waals surface area contributed by atoms with Gasteiger partial charge in [-0.1, -0.05) is 74.0 Å². The van der Waals surface area contributed by atoms with Crippen LogP contribution in [0.3, 0.4) is 0 Å². The van der Waals surface area contributed by atoms with Gasteiger partial charge in [0.2, 0.25) is 15.9 Å². The molecule has 3 aromatic rings. The first-order chi connectivity index (χ1) is 16.1. The summed E-state index contributed by atoms with van der Waals surface area (Å²) >= 11 is 6.14. The maximum absolute atomic E-state index is 13.4. The fourth-order valence-corrected chi connectivity index (χ4v) is 5.20. The molecular formula is C26H29ClN2O4S. The van der Waals surface area contributed by atoms with Gasteiger partial charge < -0.3 is 10.1 Å². The fourth-order valence-electron chi connectivity index (χ4n) is 3.66. The van der Waals surface area contributed by atoms with Gasteiger partial charge in [0.05, 0.1) is 17.0 Å².